The van der Waals surface area contributed by atoms with E-state index >= 15 is 0 Å². The third-order valence-electron chi connectivity index (χ3n) is 3.51. The highest BCUT2D eigenvalue weighted by Crippen LogP contribution is 2.32. The van der Waals surface area contributed by atoms with Crippen molar-refractivity contribution in [3.05, 3.63) is 44.2 Å². The van der Waals surface area contributed by atoms with Crippen molar-refractivity contribution in [2.45, 2.75) is 13.0 Å². The lowest BCUT2D eigenvalue weighted by Gasteiger charge is -2.19. The number of benzene rings is 1. The molecule has 1 atom stereocenters. The summed E-state index contributed by atoms with van der Waals surface area (Å²) in [6.07, 6.45) is 0. The van der Waals surface area contributed by atoms with Gasteiger partial charge in [-0.1, -0.05) is 6.07 Å². The van der Waals surface area contributed by atoms with Crippen molar-refractivity contribution in [2.24, 2.45) is 0 Å². The molecule has 0 heterocycles. The Kier molecular flexibility index (Phi) is 4.89. The first kappa shape index (κ1) is 17.5. The van der Waals surface area contributed by atoms with E-state index in [4.69, 9.17) is 5.11 Å². The molecule has 1 amide bonds. The Hall–Kier alpha value is -2.87. The number of carbonyl (C=O) groups excluding carboxylic acids is 1. The molecule has 0 saturated carbocycles. The summed E-state index contributed by atoms with van der Waals surface area (Å²) in [6.45, 7) is 1.44. The van der Waals surface area contributed by atoms with E-state index < -0.39 is 22.8 Å². The van der Waals surface area contributed by atoms with Gasteiger partial charge in [-0.25, -0.2) is 0 Å². The van der Waals surface area contributed by atoms with Gasteiger partial charge >= 0.3 is 0 Å². The normalized spacial score (nSPS) is 12.0. The second-order valence-corrected chi connectivity index (χ2v) is 5.66. The average Bonchev–Trinajstić information content (AvgIpc) is 2.57. The fourth-order valence-electron chi connectivity index (χ4n) is 2.13. The van der Waals surface area contributed by atoms with Crippen LogP contribution in [0.15, 0.2) is 27.8 Å². The number of hydrogen-bond acceptors (Lipinski definition) is 7. The predicted octanol–water partition coefficient (Wildman–Crippen LogP) is 0.226. The summed E-state index contributed by atoms with van der Waals surface area (Å²) in [5.74, 6) is -0.709. The molecule has 4 N–H and O–H groups in total. The van der Waals surface area contributed by atoms with Crippen LogP contribution in [0.5, 0.6) is 5.75 Å². The molecule has 0 unspecified atom stereocenters. The molecule has 24 heavy (non-hydrogen) atoms. The molecule has 0 spiro atoms. The Labute approximate surface area is 138 Å². The number of anilines is 3. The van der Waals surface area contributed by atoms with Crippen molar-refractivity contribution >= 4 is 23.0 Å². The minimum absolute atomic E-state index is 0.00921. The maximum atomic E-state index is 12.0. The van der Waals surface area contributed by atoms with E-state index in [1.54, 1.807) is 27.1 Å². The first-order chi connectivity index (χ1) is 11.3. The summed E-state index contributed by atoms with van der Waals surface area (Å²) in [5.41, 5.74) is -1.18. The quantitative estimate of drug-likeness (QED) is 0.441. The Morgan fingerprint density at radius 2 is 1.83 bits per heavy atom. The molecule has 128 valence electrons. The molecule has 0 radical (unpaired) electrons. The number of hydrogen-bond donors (Lipinski definition) is 4. The number of aliphatic hydroxyl groups is 1. The first-order valence-electron chi connectivity index (χ1n) is 7.29. The molecular weight excluding hydrogens is 314 g/mol. The summed E-state index contributed by atoms with van der Waals surface area (Å²) in [7, 11) is 3.10. The molecule has 8 heteroatoms. The van der Waals surface area contributed by atoms with Crippen LogP contribution in [0.2, 0.25) is 0 Å². The maximum Gasteiger partial charge on any atom is 0.257 e. The van der Waals surface area contributed by atoms with Crippen LogP contribution in [-0.4, -0.2) is 47.8 Å². The smallest absolute Gasteiger partial charge is 0.257 e. The van der Waals surface area contributed by atoms with E-state index in [9.17, 15) is 19.5 Å². The third kappa shape index (κ3) is 3.09. The molecule has 0 aromatic heterocycles. The molecule has 8 nitrogen and oxygen atoms in total. The minimum atomic E-state index is -0.730. The highest BCUT2D eigenvalue weighted by atomic mass is 16.3. The largest absolute Gasteiger partial charge is 0.505 e. The Bertz CT molecular complexity index is 837. The van der Waals surface area contributed by atoms with Crippen LogP contribution in [0.4, 0.5) is 17.1 Å². The molecule has 0 saturated heterocycles. The van der Waals surface area contributed by atoms with Crippen molar-refractivity contribution in [1.82, 2.24) is 4.90 Å². The van der Waals surface area contributed by atoms with Crippen molar-refractivity contribution in [3.63, 3.8) is 0 Å². The van der Waals surface area contributed by atoms with Crippen LogP contribution < -0.4 is 21.5 Å². The van der Waals surface area contributed by atoms with Gasteiger partial charge in [0.2, 0.25) is 0 Å². The van der Waals surface area contributed by atoms with Gasteiger partial charge in [0.05, 0.1) is 17.9 Å². The highest BCUT2D eigenvalue weighted by molar-refractivity contribution is 5.99. The van der Waals surface area contributed by atoms with Gasteiger partial charge in [-0.15, -0.1) is 0 Å². The first-order valence-corrected chi connectivity index (χ1v) is 7.29. The number of phenols is 1. The number of aromatic hydroxyl groups is 1. The lowest BCUT2D eigenvalue weighted by Crippen LogP contribution is -2.39. The second kappa shape index (κ2) is 6.71. The second-order valence-electron chi connectivity index (χ2n) is 5.66. The number of nitrogens with one attached hydrogen (secondary N) is 2. The van der Waals surface area contributed by atoms with Crippen molar-refractivity contribution in [1.29, 1.82) is 0 Å². The fraction of sp³-hybridized carbons (Fsp3) is 0.312. The standard InChI is InChI=1S/C16H19N3O5/c1-8(7-20)17-11-12(15(23)14(11)22)18-10-6-4-5-9(13(10)21)16(24)19(2)3/h4-6,8,17-18,20-21H,7H2,1-3H3/t8-/m0/s1. The zero-order chi connectivity index (χ0) is 18.0. The lowest BCUT2D eigenvalue weighted by atomic mass is 10.1. The monoisotopic (exact) mass is 333 g/mol. The van der Waals surface area contributed by atoms with Crippen LogP contribution in [-0.2, 0) is 0 Å². The molecule has 2 aromatic carbocycles. The molecule has 0 aliphatic heterocycles. The van der Waals surface area contributed by atoms with E-state index in [1.807, 2.05) is 0 Å². The van der Waals surface area contributed by atoms with E-state index in [2.05, 4.69) is 10.6 Å². The van der Waals surface area contributed by atoms with Gasteiger partial charge in [-0.3, -0.25) is 14.4 Å². The summed E-state index contributed by atoms with van der Waals surface area (Å²) in [6, 6.07) is 4.08. The van der Waals surface area contributed by atoms with E-state index in [0.717, 1.165) is 0 Å². The summed E-state index contributed by atoms with van der Waals surface area (Å²) in [5, 5.41) is 24.7. The van der Waals surface area contributed by atoms with Crippen LogP contribution in [0.25, 0.3) is 0 Å². The molecule has 0 fully saturated rings. The van der Waals surface area contributed by atoms with Gasteiger partial charge < -0.3 is 25.7 Å². The summed E-state index contributed by atoms with van der Waals surface area (Å²) >= 11 is 0. The van der Waals surface area contributed by atoms with Gasteiger partial charge in [0, 0.05) is 20.1 Å². The molecule has 2 aromatic rings. The van der Waals surface area contributed by atoms with Gasteiger partial charge in [-0.05, 0) is 19.1 Å². The van der Waals surface area contributed by atoms with Crippen molar-refractivity contribution < 1.29 is 15.0 Å². The topological polar surface area (TPSA) is 119 Å². The number of para-hydroxylation sites is 1. The Balaban J connectivity index is 2.35. The predicted molar refractivity (Wildman–Crippen MR) is 90.9 cm³/mol. The Morgan fingerprint density at radius 3 is 2.42 bits per heavy atom. The van der Waals surface area contributed by atoms with Crippen LogP contribution in [0.3, 0.4) is 0 Å². The van der Waals surface area contributed by atoms with Gasteiger partial charge in [-0.2, -0.15) is 0 Å². The number of amides is 1. The highest BCUT2D eigenvalue weighted by Gasteiger charge is 2.24. The number of phenolic OH excluding ortho intramolecular Hbond substituents is 1. The van der Waals surface area contributed by atoms with Crippen LogP contribution in [0, 0.1) is 0 Å². The maximum absolute atomic E-state index is 12.0. The average molecular weight is 333 g/mol. The number of carbonyl (C=O) groups is 1. The lowest BCUT2D eigenvalue weighted by molar-refractivity contribution is 0.0824. The van der Waals surface area contributed by atoms with Crippen molar-refractivity contribution in [3.8, 4) is 5.75 Å². The van der Waals surface area contributed by atoms with Crippen LogP contribution >= 0.6 is 0 Å². The van der Waals surface area contributed by atoms with Crippen LogP contribution in [0.1, 0.15) is 17.3 Å². The fourth-order valence-corrected chi connectivity index (χ4v) is 2.13. The van der Waals surface area contributed by atoms with Crippen molar-refractivity contribution in [2.75, 3.05) is 31.3 Å². The van der Waals surface area contributed by atoms with E-state index in [-0.39, 0.29) is 35.0 Å². The van der Waals surface area contributed by atoms with Gasteiger partial charge in [0.25, 0.3) is 16.8 Å². The molecule has 2 rings (SSSR count). The number of rotatable bonds is 6. The summed E-state index contributed by atoms with van der Waals surface area (Å²) < 4.78 is 0. The van der Waals surface area contributed by atoms with E-state index in [0.29, 0.717) is 0 Å². The number of aliphatic hydroxyl groups excluding tert-OH is 1. The SMILES string of the molecule is C[C@@H](CO)Nc1c(Nc2cccc(C(=O)N(C)C)c2O)c(=O)c1=O. The zero-order valence-corrected chi connectivity index (χ0v) is 13.6. The minimum Gasteiger partial charge on any atom is -0.505 e. The van der Waals surface area contributed by atoms with Gasteiger partial charge in [0.1, 0.15) is 11.4 Å². The molecule has 0 aliphatic rings. The number of nitrogens with zero attached hydrogens (tertiary/aromatic N) is 1. The Morgan fingerprint density at radius 1 is 1.21 bits per heavy atom. The summed E-state index contributed by atoms with van der Waals surface area (Å²) in [4.78, 5) is 36.7. The molecule has 0 bridgehead atoms. The third-order valence-corrected chi connectivity index (χ3v) is 3.51. The molecule has 0 aliphatic carbocycles. The van der Waals surface area contributed by atoms with Gasteiger partial charge in [0.15, 0.2) is 5.75 Å². The molecular formula is C16H19N3O5. The van der Waals surface area contributed by atoms with E-state index in [1.165, 1.54) is 17.0 Å². The zero-order valence-electron chi connectivity index (χ0n) is 13.6.